The van der Waals surface area contributed by atoms with Crippen LogP contribution < -0.4 is 19.7 Å². The largest absolute Gasteiger partial charge is 0.493 e. The molecule has 1 aliphatic heterocycles. The molecule has 1 N–H and O–H groups in total. The second-order valence-corrected chi connectivity index (χ2v) is 7.94. The minimum atomic E-state index is -0.705. The minimum Gasteiger partial charge on any atom is -0.493 e. The van der Waals surface area contributed by atoms with Crippen molar-refractivity contribution in [1.82, 2.24) is 5.32 Å². The lowest BCUT2D eigenvalue weighted by Crippen LogP contribution is -2.39. The monoisotopic (exact) mass is 498 g/mol. The van der Waals surface area contributed by atoms with Crippen LogP contribution in [0.5, 0.6) is 11.5 Å². The molecule has 2 aromatic rings. The molecule has 0 bridgehead atoms. The second-order valence-electron chi connectivity index (χ2n) is 7.94. The number of ketones is 1. The number of nitrogens with one attached hydrogen (secondary N) is 1. The Balaban J connectivity index is 1.55. The van der Waals surface area contributed by atoms with Gasteiger partial charge in [0.25, 0.3) is 5.91 Å². The van der Waals surface area contributed by atoms with E-state index >= 15 is 0 Å². The Hall–Kier alpha value is -3.76. The van der Waals surface area contributed by atoms with Crippen molar-refractivity contribution in [3.63, 3.8) is 0 Å². The zero-order valence-corrected chi connectivity index (χ0v) is 20.6. The Kier molecular flexibility index (Phi) is 9.54. The Labute approximate surface area is 209 Å². The molecular formula is C26H30N2O8. The van der Waals surface area contributed by atoms with Gasteiger partial charge in [0.15, 0.2) is 23.9 Å². The zero-order valence-electron chi connectivity index (χ0n) is 20.6. The number of rotatable bonds is 13. The summed E-state index contributed by atoms with van der Waals surface area (Å²) in [4.78, 5) is 51.1. The Bertz CT molecular complexity index is 1100. The zero-order chi connectivity index (χ0) is 26.1. The van der Waals surface area contributed by atoms with Gasteiger partial charge >= 0.3 is 5.97 Å². The van der Waals surface area contributed by atoms with E-state index in [1.165, 1.54) is 44.6 Å². The number of amides is 2. The van der Waals surface area contributed by atoms with Crippen molar-refractivity contribution < 1.29 is 38.1 Å². The molecule has 0 saturated carbocycles. The number of Topliss-reactive ketones (excluding diaryl/α,β-unsaturated/α-hetero) is 1. The number of benzene rings is 2. The topological polar surface area (TPSA) is 120 Å². The highest BCUT2D eigenvalue weighted by molar-refractivity contribution is 6.22. The molecule has 0 aromatic heterocycles. The summed E-state index contributed by atoms with van der Waals surface area (Å²) in [6, 6.07) is 9.96. The van der Waals surface area contributed by atoms with Crippen LogP contribution in [0.15, 0.2) is 42.5 Å². The van der Waals surface area contributed by atoms with Crippen molar-refractivity contribution in [3.05, 3.63) is 53.6 Å². The maximum atomic E-state index is 12.7. The van der Waals surface area contributed by atoms with Crippen LogP contribution in [0.2, 0.25) is 0 Å². The number of hydrogen-bond acceptors (Lipinski definition) is 9. The third kappa shape index (κ3) is 6.46. The average molecular weight is 499 g/mol. The van der Waals surface area contributed by atoms with Crippen LogP contribution in [0, 0.1) is 0 Å². The normalized spacial score (nSPS) is 15.2. The van der Waals surface area contributed by atoms with Gasteiger partial charge in [-0.3, -0.25) is 14.4 Å². The molecule has 0 radical (unpaired) electrons. The number of hydrogen-bond donors (Lipinski definition) is 1. The standard InChI is InChI=1S/C26H30N2O8/c1-4-35-13-5-12-27-20-15-24(30)28(25(20)31)19-9-6-17(7-10-19)26(32)36-16-21(29)18-8-11-22(33-2)23(14-18)34-3/h6-11,14,20,27H,4-5,12-13,15-16H2,1-3H3. The first-order valence-corrected chi connectivity index (χ1v) is 11.6. The van der Waals surface area contributed by atoms with Crippen LogP contribution in [0.3, 0.4) is 0 Å². The van der Waals surface area contributed by atoms with Crippen LogP contribution in [0.1, 0.15) is 40.5 Å². The fraction of sp³-hybridized carbons (Fsp3) is 0.385. The molecule has 1 unspecified atom stereocenters. The quantitative estimate of drug-likeness (QED) is 0.192. The van der Waals surface area contributed by atoms with E-state index < -0.39 is 24.4 Å². The van der Waals surface area contributed by atoms with E-state index in [-0.39, 0.29) is 23.8 Å². The van der Waals surface area contributed by atoms with E-state index in [4.69, 9.17) is 18.9 Å². The molecule has 3 rings (SSSR count). The summed E-state index contributed by atoms with van der Waals surface area (Å²) >= 11 is 0. The summed E-state index contributed by atoms with van der Waals surface area (Å²) in [5, 5.41) is 3.09. The van der Waals surface area contributed by atoms with Gasteiger partial charge in [-0.15, -0.1) is 0 Å². The van der Waals surface area contributed by atoms with Gasteiger partial charge < -0.3 is 24.3 Å². The third-order valence-corrected chi connectivity index (χ3v) is 5.61. The molecule has 0 aliphatic carbocycles. The van der Waals surface area contributed by atoms with Gasteiger partial charge in [-0.1, -0.05) is 0 Å². The Morgan fingerprint density at radius 3 is 2.36 bits per heavy atom. The molecule has 1 fully saturated rings. The number of anilines is 1. The highest BCUT2D eigenvalue weighted by Gasteiger charge is 2.39. The van der Waals surface area contributed by atoms with Crippen LogP contribution in [0.4, 0.5) is 5.69 Å². The van der Waals surface area contributed by atoms with Crippen molar-refractivity contribution in [1.29, 1.82) is 0 Å². The van der Waals surface area contributed by atoms with Gasteiger partial charge in [0.2, 0.25) is 5.91 Å². The van der Waals surface area contributed by atoms with Crippen molar-refractivity contribution in [2.24, 2.45) is 0 Å². The molecule has 36 heavy (non-hydrogen) atoms. The lowest BCUT2D eigenvalue weighted by Gasteiger charge is -2.16. The van der Waals surface area contributed by atoms with Gasteiger partial charge in [-0.2, -0.15) is 0 Å². The van der Waals surface area contributed by atoms with Crippen molar-refractivity contribution in [2.45, 2.75) is 25.8 Å². The van der Waals surface area contributed by atoms with E-state index in [9.17, 15) is 19.2 Å². The number of nitrogens with zero attached hydrogens (tertiary/aromatic N) is 1. The molecule has 192 valence electrons. The van der Waals surface area contributed by atoms with Crippen LogP contribution in [-0.2, 0) is 19.1 Å². The van der Waals surface area contributed by atoms with E-state index in [0.717, 1.165) is 11.3 Å². The lowest BCUT2D eigenvalue weighted by molar-refractivity contribution is -0.121. The van der Waals surface area contributed by atoms with Crippen LogP contribution >= 0.6 is 0 Å². The van der Waals surface area contributed by atoms with E-state index in [0.29, 0.717) is 42.5 Å². The molecule has 2 amide bonds. The van der Waals surface area contributed by atoms with Gasteiger partial charge in [0.1, 0.15) is 0 Å². The SMILES string of the molecule is CCOCCCNC1CC(=O)N(c2ccc(C(=O)OCC(=O)c3ccc(OC)c(OC)c3)cc2)C1=O. The highest BCUT2D eigenvalue weighted by Crippen LogP contribution is 2.28. The summed E-state index contributed by atoms with van der Waals surface area (Å²) in [5.74, 6) is -0.910. The first-order chi connectivity index (χ1) is 17.4. The molecule has 10 nitrogen and oxygen atoms in total. The predicted octanol–water partition coefficient (Wildman–Crippen LogP) is 2.39. The molecule has 10 heteroatoms. The van der Waals surface area contributed by atoms with E-state index in [1.807, 2.05) is 6.92 Å². The van der Waals surface area contributed by atoms with E-state index in [2.05, 4.69) is 5.32 Å². The Morgan fingerprint density at radius 2 is 1.69 bits per heavy atom. The number of carbonyl (C=O) groups is 4. The van der Waals surface area contributed by atoms with Gasteiger partial charge in [0.05, 0.1) is 37.9 Å². The number of ether oxygens (including phenoxy) is 4. The number of carbonyl (C=O) groups excluding carboxylic acids is 4. The smallest absolute Gasteiger partial charge is 0.338 e. The summed E-state index contributed by atoms with van der Waals surface area (Å²) in [6.45, 7) is 3.22. The van der Waals surface area contributed by atoms with Crippen molar-refractivity contribution in [3.8, 4) is 11.5 Å². The molecule has 2 aromatic carbocycles. The summed E-state index contributed by atoms with van der Waals surface area (Å²) < 4.78 is 20.7. The van der Waals surface area contributed by atoms with E-state index in [1.54, 1.807) is 12.1 Å². The van der Waals surface area contributed by atoms with Crippen LogP contribution in [0.25, 0.3) is 0 Å². The summed E-state index contributed by atoms with van der Waals surface area (Å²) in [5.41, 5.74) is 0.855. The fourth-order valence-electron chi connectivity index (χ4n) is 3.71. The second kappa shape index (κ2) is 12.8. The van der Waals surface area contributed by atoms with Crippen molar-refractivity contribution in [2.75, 3.05) is 45.5 Å². The first kappa shape index (κ1) is 26.8. The maximum Gasteiger partial charge on any atom is 0.338 e. The predicted molar refractivity (Wildman–Crippen MR) is 131 cm³/mol. The molecule has 1 aliphatic rings. The number of imide groups is 1. The molecular weight excluding hydrogens is 468 g/mol. The third-order valence-electron chi connectivity index (χ3n) is 5.61. The van der Waals surface area contributed by atoms with Crippen molar-refractivity contribution >= 4 is 29.3 Å². The summed E-state index contributed by atoms with van der Waals surface area (Å²) in [7, 11) is 2.95. The van der Waals surface area contributed by atoms with Gasteiger partial charge in [-0.25, -0.2) is 9.69 Å². The molecule has 1 atom stereocenters. The van der Waals surface area contributed by atoms with Gasteiger partial charge in [0, 0.05) is 18.8 Å². The number of methoxy groups -OCH3 is 2. The number of esters is 1. The van der Waals surface area contributed by atoms with Gasteiger partial charge in [-0.05, 0) is 62.4 Å². The highest BCUT2D eigenvalue weighted by atomic mass is 16.5. The Morgan fingerprint density at radius 1 is 1.00 bits per heavy atom. The minimum absolute atomic E-state index is 0.0650. The molecule has 1 saturated heterocycles. The summed E-state index contributed by atoms with van der Waals surface area (Å²) in [6.07, 6.45) is 0.798. The van der Waals surface area contributed by atoms with Crippen LogP contribution in [-0.4, -0.2) is 70.2 Å². The maximum absolute atomic E-state index is 12.7. The lowest BCUT2D eigenvalue weighted by atomic mass is 10.1. The molecule has 1 heterocycles. The first-order valence-electron chi connectivity index (χ1n) is 11.6. The average Bonchev–Trinajstić information content (AvgIpc) is 3.18. The molecule has 0 spiro atoms. The fourth-order valence-corrected chi connectivity index (χ4v) is 3.71.